The second-order valence-electron chi connectivity index (χ2n) is 6.90. The fourth-order valence-corrected chi connectivity index (χ4v) is 5.04. The number of nitrogens with one attached hydrogen (secondary N) is 1. The Balaban J connectivity index is 1.66. The molecule has 0 spiro atoms. The summed E-state index contributed by atoms with van der Waals surface area (Å²) >= 11 is 0. The lowest BCUT2D eigenvalue weighted by Gasteiger charge is -2.32. The first-order chi connectivity index (χ1) is 13.4. The molecule has 1 unspecified atom stereocenters. The summed E-state index contributed by atoms with van der Waals surface area (Å²) in [6, 6.07) is 7.66. The minimum absolute atomic E-state index is 0.131. The van der Waals surface area contributed by atoms with Crippen LogP contribution >= 0.6 is 0 Å². The maximum atomic E-state index is 13.1. The molecule has 9 heteroatoms. The lowest BCUT2D eigenvalue weighted by Crippen LogP contribution is -2.52. The number of sulfonamides is 1. The molecule has 1 saturated heterocycles. The summed E-state index contributed by atoms with van der Waals surface area (Å²) in [5, 5.41) is 4.64. The molecule has 1 N–H and O–H groups in total. The molecule has 4 rings (SSSR count). The van der Waals surface area contributed by atoms with E-state index in [1.54, 1.807) is 59.4 Å². The van der Waals surface area contributed by atoms with Gasteiger partial charge in [0, 0.05) is 31.2 Å². The average molecular weight is 399 g/mol. The van der Waals surface area contributed by atoms with Crippen LogP contribution in [0.4, 0.5) is 5.82 Å². The van der Waals surface area contributed by atoms with Gasteiger partial charge in [-0.25, -0.2) is 8.42 Å². The molecule has 146 valence electrons. The van der Waals surface area contributed by atoms with Gasteiger partial charge in [-0.3, -0.25) is 19.4 Å². The number of aromatic nitrogens is 3. The predicted octanol–water partition coefficient (Wildman–Crippen LogP) is 1.75. The molecule has 1 aliphatic rings. The van der Waals surface area contributed by atoms with Gasteiger partial charge in [-0.05, 0) is 43.5 Å². The molecule has 1 aliphatic heterocycles. The zero-order valence-electron chi connectivity index (χ0n) is 15.7. The first kappa shape index (κ1) is 18.6. The number of benzene rings is 1. The Hall–Kier alpha value is -2.78. The third-order valence-electron chi connectivity index (χ3n) is 5.03. The minimum atomic E-state index is -3.90. The van der Waals surface area contributed by atoms with E-state index < -0.39 is 16.1 Å². The minimum Gasteiger partial charge on any atom is -0.296 e. The molecule has 0 saturated carbocycles. The van der Waals surface area contributed by atoms with Crippen LogP contribution in [0.3, 0.4) is 0 Å². The van der Waals surface area contributed by atoms with Crippen LogP contribution in [-0.4, -0.2) is 41.7 Å². The van der Waals surface area contributed by atoms with Crippen molar-refractivity contribution in [1.29, 1.82) is 0 Å². The van der Waals surface area contributed by atoms with Crippen LogP contribution in [0.2, 0.25) is 0 Å². The molecule has 0 radical (unpaired) electrons. The van der Waals surface area contributed by atoms with Crippen molar-refractivity contribution in [2.45, 2.75) is 30.7 Å². The van der Waals surface area contributed by atoms with Crippen LogP contribution in [0.25, 0.3) is 10.9 Å². The van der Waals surface area contributed by atoms with Gasteiger partial charge in [-0.15, -0.1) is 0 Å². The van der Waals surface area contributed by atoms with Crippen molar-refractivity contribution in [3.05, 3.63) is 48.3 Å². The summed E-state index contributed by atoms with van der Waals surface area (Å²) in [4.78, 5) is 19.0. The molecule has 0 bridgehead atoms. The standard InChI is InChI=1S/C19H21N5O3S/c1-13-7-8-16(14-5-3-10-20-18(13)14)28(26,27)22-15-6-4-12-24(19(15)25)17-9-11-21-23(17)2/h3,5,7-11,15,22H,4,6,12H2,1-2H3. The summed E-state index contributed by atoms with van der Waals surface area (Å²) in [6.45, 7) is 2.42. The van der Waals surface area contributed by atoms with Crippen molar-refractivity contribution in [2.75, 3.05) is 11.4 Å². The van der Waals surface area contributed by atoms with E-state index >= 15 is 0 Å². The number of amides is 1. The number of anilines is 1. The molecular weight excluding hydrogens is 378 g/mol. The Kier molecular flexibility index (Phi) is 4.64. The first-order valence-corrected chi connectivity index (χ1v) is 10.5. The summed E-state index contributed by atoms with van der Waals surface area (Å²) < 4.78 is 30.4. The van der Waals surface area contributed by atoms with E-state index in [9.17, 15) is 13.2 Å². The predicted molar refractivity (Wildman–Crippen MR) is 105 cm³/mol. The van der Waals surface area contributed by atoms with Gasteiger partial charge in [-0.1, -0.05) is 6.07 Å². The molecule has 1 atom stereocenters. The number of nitrogens with zero attached hydrogens (tertiary/aromatic N) is 4. The van der Waals surface area contributed by atoms with Gasteiger partial charge in [0.25, 0.3) is 0 Å². The van der Waals surface area contributed by atoms with Crippen LogP contribution in [0.5, 0.6) is 0 Å². The molecule has 28 heavy (non-hydrogen) atoms. The smallest absolute Gasteiger partial charge is 0.246 e. The highest BCUT2D eigenvalue weighted by Gasteiger charge is 2.34. The van der Waals surface area contributed by atoms with E-state index in [1.165, 1.54) is 0 Å². The van der Waals surface area contributed by atoms with Gasteiger partial charge >= 0.3 is 0 Å². The summed E-state index contributed by atoms with van der Waals surface area (Å²) in [7, 11) is -2.15. The van der Waals surface area contributed by atoms with E-state index in [2.05, 4.69) is 14.8 Å². The van der Waals surface area contributed by atoms with Crippen LogP contribution in [0.15, 0.2) is 47.6 Å². The Morgan fingerprint density at radius 1 is 1.18 bits per heavy atom. The van der Waals surface area contributed by atoms with Crippen LogP contribution in [0.1, 0.15) is 18.4 Å². The number of piperidine rings is 1. The molecule has 8 nitrogen and oxygen atoms in total. The Morgan fingerprint density at radius 2 is 2.00 bits per heavy atom. The van der Waals surface area contributed by atoms with Gasteiger partial charge in [-0.2, -0.15) is 9.82 Å². The van der Waals surface area contributed by atoms with Crippen molar-refractivity contribution < 1.29 is 13.2 Å². The molecule has 3 aromatic rings. The van der Waals surface area contributed by atoms with Gasteiger partial charge in [0.2, 0.25) is 15.9 Å². The number of hydrogen-bond acceptors (Lipinski definition) is 5. The third-order valence-corrected chi connectivity index (χ3v) is 6.56. The number of carbonyl (C=O) groups is 1. The molecule has 1 aromatic carbocycles. The quantitative estimate of drug-likeness (QED) is 0.721. The van der Waals surface area contributed by atoms with Crippen molar-refractivity contribution in [2.24, 2.45) is 7.05 Å². The summed E-state index contributed by atoms with van der Waals surface area (Å²) in [6.07, 6.45) is 4.40. The third kappa shape index (κ3) is 3.16. The van der Waals surface area contributed by atoms with Crippen LogP contribution in [0, 0.1) is 6.92 Å². The second-order valence-corrected chi connectivity index (χ2v) is 8.58. The average Bonchev–Trinajstić information content (AvgIpc) is 3.09. The fraction of sp³-hybridized carbons (Fsp3) is 0.316. The monoisotopic (exact) mass is 399 g/mol. The van der Waals surface area contributed by atoms with Crippen LogP contribution < -0.4 is 9.62 Å². The van der Waals surface area contributed by atoms with E-state index in [0.29, 0.717) is 36.1 Å². The zero-order chi connectivity index (χ0) is 19.9. The van der Waals surface area contributed by atoms with E-state index in [0.717, 1.165) is 5.56 Å². The number of fused-ring (bicyclic) bond motifs is 1. The highest BCUT2D eigenvalue weighted by Crippen LogP contribution is 2.26. The largest absolute Gasteiger partial charge is 0.296 e. The van der Waals surface area contributed by atoms with Crippen molar-refractivity contribution in [3.8, 4) is 0 Å². The van der Waals surface area contributed by atoms with Gasteiger partial charge in [0.05, 0.1) is 16.6 Å². The van der Waals surface area contributed by atoms with Crippen molar-refractivity contribution >= 4 is 32.7 Å². The van der Waals surface area contributed by atoms with E-state index in [4.69, 9.17) is 0 Å². The Morgan fingerprint density at radius 3 is 2.75 bits per heavy atom. The fourth-order valence-electron chi connectivity index (χ4n) is 3.62. The topological polar surface area (TPSA) is 97.2 Å². The lowest BCUT2D eigenvalue weighted by molar-refractivity contribution is -0.121. The van der Waals surface area contributed by atoms with Gasteiger partial charge in [0.1, 0.15) is 11.9 Å². The first-order valence-electron chi connectivity index (χ1n) is 9.04. The van der Waals surface area contributed by atoms with Gasteiger partial charge in [0.15, 0.2) is 0 Å². The maximum absolute atomic E-state index is 13.1. The highest BCUT2D eigenvalue weighted by molar-refractivity contribution is 7.89. The molecule has 1 fully saturated rings. The van der Waals surface area contributed by atoms with Crippen LogP contribution in [-0.2, 0) is 21.9 Å². The Labute approximate surface area is 163 Å². The lowest BCUT2D eigenvalue weighted by atomic mass is 10.1. The molecule has 3 heterocycles. The van der Waals surface area contributed by atoms with Gasteiger partial charge < -0.3 is 0 Å². The zero-order valence-corrected chi connectivity index (χ0v) is 16.5. The highest BCUT2D eigenvalue weighted by atomic mass is 32.2. The number of rotatable bonds is 4. The number of pyridine rings is 1. The maximum Gasteiger partial charge on any atom is 0.246 e. The number of carbonyl (C=O) groups excluding carboxylic acids is 1. The molecule has 0 aliphatic carbocycles. The van der Waals surface area contributed by atoms with E-state index in [-0.39, 0.29) is 10.8 Å². The summed E-state index contributed by atoms with van der Waals surface area (Å²) in [5.74, 6) is 0.381. The molecule has 2 aromatic heterocycles. The molecule has 1 amide bonds. The normalized spacial score (nSPS) is 18.0. The summed E-state index contributed by atoms with van der Waals surface area (Å²) in [5.41, 5.74) is 1.53. The molecular formula is C19H21N5O3S. The second kappa shape index (κ2) is 6.99. The van der Waals surface area contributed by atoms with Crippen molar-refractivity contribution in [3.63, 3.8) is 0 Å². The SMILES string of the molecule is Cc1ccc(S(=O)(=O)NC2CCCN(c3ccnn3C)C2=O)c2cccnc12. The Bertz CT molecular complexity index is 1160. The van der Waals surface area contributed by atoms with E-state index in [1.807, 2.05) is 6.92 Å². The van der Waals surface area contributed by atoms with Crippen molar-refractivity contribution in [1.82, 2.24) is 19.5 Å². The number of aryl methyl sites for hydroxylation is 2. The number of hydrogen-bond donors (Lipinski definition) is 1.